The lowest BCUT2D eigenvalue weighted by atomic mass is 10.1. The highest BCUT2D eigenvalue weighted by Gasteiger charge is 2.34. The molecule has 0 aromatic heterocycles. The third kappa shape index (κ3) is 5.84. The maximum Gasteiger partial charge on any atom is 0.418 e. The van der Waals surface area contributed by atoms with Crippen LogP contribution in [0.5, 0.6) is 5.75 Å². The van der Waals surface area contributed by atoms with E-state index in [-0.39, 0.29) is 17.4 Å². The van der Waals surface area contributed by atoms with Crippen molar-refractivity contribution in [2.45, 2.75) is 13.1 Å². The number of aryl methyl sites for hydroxylation is 1. The van der Waals surface area contributed by atoms with Gasteiger partial charge in [-0.1, -0.05) is 18.2 Å². The van der Waals surface area contributed by atoms with Crippen LogP contribution < -0.4 is 15.4 Å². The van der Waals surface area contributed by atoms with Crippen LogP contribution in [0.4, 0.5) is 18.9 Å². The summed E-state index contributed by atoms with van der Waals surface area (Å²) in [6.07, 6.45) is -4.54. The predicted octanol–water partition coefficient (Wildman–Crippen LogP) is 4.51. The highest BCUT2D eigenvalue weighted by atomic mass is 127. The van der Waals surface area contributed by atoms with Crippen molar-refractivity contribution in [3.8, 4) is 5.75 Å². The number of rotatable bonds is 4. The number of alkyl halides is 3. The Kier molecular flexibility index (Phi) is 6.81. The van der Waals surface area contributed by atoms with E-state index < -0.39 is 17.6 Å². The zero-order valence-corrected chi connectivity index (χ0v) is 16.5. The number of carbonyl (C=O) groups is 1. The monoisotopic (exact) mass is 494 g/mol. The van der Waals surface area contributed by atoms with Crippen LogP contribution in [0.25, 0.3) is 0 Å². The van der Waals surface area contributed by atoms with E-state index in [2.05, 4.69) is 10.6 Å². The summed E-state index contributed by atoms with van der Waals surface area (Å²) in [5.41, 5.74) is -0.241. The number of hydrogen-bond acceptors (Lipinski definition) is 3. The molecule has 4 nitrogen and oxygen atoms in total. The lowest BCUT2D eigenvalue weighted by Gasteiger charge is -2.16. The molecule has 9 heteroatoms. The maximum absolute atomic E-state index is 13.1. The minimum atomic E-state index is -4.54. The van der Waals surface area contributed by atoms with Crippen LogP contribution >= 0.6 is 34.8 Å². The third-order valence-corrected chi connectivity index (χ3v) is 4.12. The zero-order valence-electron chi connectivity index (χ0n) is 13.5. The molecule has 2 aromatic rings. The van der Waals surface area contributed by atoms with Crippen LogP contribution in [-0.2, 0) is 11.0 Å². The topological polar surface area (TPSA) is 50.4 Å². The Labute approximate surface area is 167 Å². The van der Waals surface area contributed by atoms with E-state index >= 15 is 0 Å². The van der Waals surface area contributed by atoms with Crippen molar-refractivity contribution < 1.29 is 22.7 Å². The molecule has 2 N–H and O–H groups in total. The van der Waals surface area contributed by atoms with Gasteiger partial charge in [-0.3, -0.25) is 10.1 Å². The first-order chi connectivity index (χ1) is 12.2. The van der Waals surface area contributed by atoms with Crippen LogP contribution in [0.1, 0.15) is 11.1 Å². The van der Waals surface area contributed by atoms with Gasteiger partial charge in [0.25, 0.3) is 5.91 Å². The van der Waals surface area contributed by atoms with E-state index in [0.29, 0.717) is 9.32 Å². The highest BCUT2D eigenvalue weighted by Crippen LogP contribution is 2.35. The Hall–Kier alpha value is -1.88. The minimum absolute atomic E-state index is 0.233. The van der Waals surface area contributed by atoms with E-state index in [1.54, 1.807) is 34.7 Å². The molecule has 0 fully saturated rings. The molecule has 0 aliphatic heterocycles. The standard InChI is InChI=1S/C17H14F3IN2O2S/c1-10-4-2-3-5-14(10)25-9-15(24)23-16(26)22-13-7-6-11(21)8-12(13)17(18,19)20/h2-8H,9H2,1H3,(H2,22,23,24,26). The number of thiocarbonyl (C=S) groups is 1. The number of carbonyl (C=O) groups excluding carboxylic acids is 1. The Bertz CT molecular complexity index is 828. The molecule has 0 spiro atoms. The minimum Gasteiger partial charge on any atom is -0.483 e. The molecule has 2 aromatic carbocycles. The quantitative estimate of drug-likeness (QED) is 0.486. The van der Waals surface area contributed by atoms with Gasteiger partial charge in [0, 0.05) is 3.57 Å². The lowest BCUT2D eigenvalue weighted by molar-refractivity contribution is -0.137. The van der Waals surface area contributed by atoms with Crippen LogP contribution in [0.2, 0.25) is 0 Å². The summed E-state index contributed by atoms with van der Waals surface area (Å²) in [4.78, 5) is 11.9. The fourth-order valence-electron chi connectivity index (χ4n) is 2.04. The van der Waals surface area contributed by atoms with E-state index in [4.69, 9.17) is 17.0 Å². The Morgan fingerprint density at radius 3 is 2.58 bits per heavy atom. The lowest BCUT2D eigenvalue weighted by Crippen LogP contribution is -2.37. The second-order valence-electron chi connectivity index (χ2n) is 5.24. The molecule has 0 aliphatic carbocycles. The summed E-state index contributed by atoms with van der Waals surface area (Å²) in [5, 5.41) is 4.46. The molecule has 0 saturated heterocycles. The van der Waals surface area contributed by atoms with E-state index in [1.807, 2.05) is 19.1 Å². The molecule has 26 heavy (non-hydrogen) atoms. The summed E-state index contributed by atoms with van der Waals surface area (Å²) in [6, 6.07) is 10.9. The van der Waals surface area contributed by atoms with Gasteiger partial charge in [-0.15, -0.1) is 0 Å². The molecule has 1 amide bonds. The summed E-state index contributed by atoms with van der Waals surface area (Å²) < 4.78 is 45.1. The van der Waals surface area contributed by atoms with Gasteiger partial charge in [-0.05, 0) is 71.6 Å². The van der Waals surface area contributed by atoms with Gasteiger partial charge in [-0.25, -0.2) is 0 Å². The van der Waals surface area contributed by atoms with Gasteiger partial charge in [0.15, 0.2) is 11.7 Å². The molecule has 2 rings (SSSR count). The molecule has 0 heterocycles. The molecule has 0 bridgehead atoms. The van der Waals surface area contributed by atoms with Gasteiger partial charge < -0.3 is 10.1 Å². The fraction of sp³-hybridized carbons (Fsp3) is 0.176. The van der Waals surface area contributed by atoms with Gasteiger partial charge in [0.05, 0.1) is 11.3 Å². The smallest absolute Gasteiger partial charge is 0.418 e. The van der Waals surface area contributed by atoms with Crippen molar-refractivity contribution in [3.63, 3.8) is 0 Å². The van der Waals surface area contributed by atoms with Crippen LogP contribution in [0.3, 0.4) is 0 Å². The van der Waals surface area contributed by atoms with Crippen molar-refractivity contribution >= 4 is 51.5 Å². The molecule has 0 radical (unpaired) electrons. The number of hydrogen-bond donors (Lipinski definition) is 2. The number of anilines is 1. The number of benzene rings is 2. The predicted molar refractivity (Wildman–Crippen MR) is 105 cm³/mol. The first kappa shape index (κ1) is 20.4. The first-order valence-corrected chi connectivity index (χ1v) is 8.81. The van der Waals surface area contributed by atoms with Gasteiger partial charge in [0.2, 0.25) is 0 Å². The number of amides is 1. The number of para-hydroxylation sites is 1. The van der Waals surface area contributed by atoms with E-state index in [0.717, 1.165) is 11.6 Å². The molecule has 0 atom stereocenters. The SMILES string of the molecule is Cc1ccccc1OCC(=O)NC(=S)Nc1ccc(I)cc1C(F)(F)F. The highest BCUT2D eigenvalue weighted by molar-refractivity contribution is 14.1. The summed E-state index contributed by atoms with van der Waals surface area (Å²) in [7, 11) is 0. The normalized spacial score (nSPS) is 11.0. The maximum atomic E-state index is 13.1. The van der Waals surface area contributed by atoms with E-state index in [1.165, 1.54) is 12.1 Å². The average molecular weight is 494 g/mol. The number of halogens is 4. The second kappa shape index (κ2) is 8.67. The van der Waals surface area contributed by atoms with Crippen LogP contribution in [-0.4, -0.2) is 17.6 Å². The van der Waals surface area contributed by atoms with Gasteiger partial charge in [-0.2, -0.15) is 13.2 Å². The summed E-state index contributed by atoms with van der Waals surface area (Å²) in [5.74, 6) is -0.0386. The van der Waals surface area contributed by atoms with Gasteiger partial charge >= 0.3 is 6.18 Å². The number of ether oxygens (including phenoxy) is 1. The molecule has 138 valence electrons. The average Bonchev–Trinajstić information content (AvgIpc) is 2.54. The third-order valence-electron chi connectivity index (χ3n) is 3.24. The van der Waals surface area contributed by atoms with Crippen LogP contribution in [0.15, 0.2) is 42.5 Å². The Balaban J connectivity index is 1.97. The molecule has 0 aliphatic rings. The summed E-state index contributed by atoms with van der Waals surface area (Å²) in [6.45, 7) is 1.51. The van der Waals surface area contributed by atoms with Crippen LogP contribution in [0, 0.1) is 10.5 Å². The van der Waals surface area contributed by atoms with Crippen molar-refractivity contribution in [2.24, 2.45) is 0 Å². The molecular weight excluding hydrogens is 480 g/mol. The van der Waals surface area contributed by atoms with Gasteiger partial charge in [0.1, 0.15) is 5.75 Å². The molecule has 0 saturated carbocycles. The number of nitrogens with one attached hydrogen (secondary N) is 2. The first-order valence-electron chi connectivity index (χ1n) is 7.33. The second-order valence-corrected chi connectivity index (χ2v) is 6.90. The Morgan fingerprint density at radius 2 is 1.92 bits per heavy atom. The fourth-order valence-corrected chi connectivity index (χ4v) is 2.75. The molecular formula is C17H14F3IN2O2S. The Morgan fingerprint density at radius 1 is 1.23 bits per heavy atom. The van der Waals surface area contributed by atoms with E-state index in [9.17, 15) is 18.0 Å². The summed E-state index contributed by atoms with van der Waals surface area (Å²) >= 11 is 6.70. The molecule has 0 unspecified atom stereocenters. The van der Waals surface area contributed by atoms with Crippen molar-refractivity contribution in [2.75, 3.05) is 11.9 Å². The van der Waals surface area contributed by atoms with Crippen molar-refractivity contribution in [1.82, 2.24) is 5.32 Å². The van der Waals surface area contributed by atoms with Crippen molar-refractivity contribution in [3.05, 3.63) is 57.2 Å². The largest absolute Gasteiger partial charge is 0.483 e. The zero-order chi connectivity index (χ0) is 19.3. The van der Waals surface area contributed by atoms with Crippen molar-refractivity contribution in [1.29, 1.82) is 0 Å².